The number of hydrazone groups is 2. The van der Waals surface area contributed by atoms with Crippen LogP contribution in [0.2, 0.25) is 5.15 Å². The monoisotopic (exact) mass is 436 g/mol. The Labute approximate surface area is 186 Å². The number of unbranched alkanes of at least 4 members (excludes halogenated alkanes) is 1. The van der Waals surface area contributed by atoms with Crippen LogP contribution in [0, 0.1) is 0 Å². The lowest BCUT2D eigenvalue weighted by Gasteiger charge is -2.12. The van der Waals surface area contributed by atoms with Crippen molar-refractivity contribution in [3.05, 3.63) is 76.3 Å². The van der Waals surface area contributed by atoms with Gasteiger partial charge in [-0.05, 0) is 23.1 Å². The number of rotatable bonds is 10. The molecule has 31 heavy (non-hydrogen) atoms. The van der Waals surface area contributed by atoms with Crippen molar-refractivity contribution in [1.29, 1.82) is 0 Å². The normalized spacial score (nSPS) is 11.4. The van der Waals surface area contributed by atoms with E-state index in [9.17, 15) is 4.79 Å². The minimum Gasteiger partial charge on any atom is -0.382 e. The smallest absolute Gasteiger partial charge is 0.169 e. The second-order valence-corrected chi connectivity index (χ2v) is 7.37. The number of benzene rings is 2. The Balaban J connectivity index is 1.89. The summed E-state index contributed by atoms with van der Waals surface area (Å²) in [4.78, 5) is 15.9. The van der Waals surface area contributed by atoms with Gasteiger partial charge in [-0.15, -0.1) is 5.10 Å². The van der Waals surface area contributed by atoms with Crippen molar-refractivity contribution >= 4 is 30.4 Å². The Hall–Kier alpha value is -3.45. The molecule has 8 heteroatoms. The lowest BCUT2D eigenvalue weighted by Crippen LogP contribution is -2.17. The second-order valence-electron chi connectivity index (χ2n) is 7.01. The van der Waals surface area contributed by atoms with E-state index in [1.54, 1.807) is 0 Å². The zero-order chi connectivity index (χ0) is 22.2. The van der Waals surface area contributed by atoms with Crippen LogP contribution < -0.4 is 11.3 Å². The van der Waals surface area contributed by atoms with Crippen molar-refractivity contribution in [3.63, 3.8) is 0 Å². The molecule has 0 saturated heterocycles. The highest BCUT2D eigenvalue weighted by atomic mass is 35.5. The maximum atomic E-state index is 11.6. The third-order valence-corrected chi connectivity index (χ3v) is 5.23. The van der Waals surface area contributed by atoms with Crippen LogP contribution in [0.3, 0.4) is 0 Å². The number of nitrogens with one attached hydrogen (secondary N) is 1. The molecule has 0 amide bonds. The van der Waals surface area contributed by atoms with Gasteiger partial charge < -0.3 is 10.3 Å². The zero-order valence-corrected chi connectivity index (χ0v) is 18.1. The van der Waals surface area contributed by atoms with Crippen LogP contribution in [0.4, 0.5) is 0 Å². The first-order chi connectivity index (χ1) is 15.1. The Bertz CT molecular complexity index is 1090. The van der Waals surface area contributed by atoms with Gasteiger partial charge in [0.1, 0.15) is 11.5 Å². The molecule has 0 aliphatic carbocycles. The average Bonchev–Trinajstić information content (AvgIpc) is 3.10. The van der Waals surface area contributed by atoms with Crippen LogP contribution in [0.1, 0.15) is 47.2 Å². The molecule has 0 spiro atoms. The van der Waals surface area contributed by atoms with E-state index >= 15 is 0 Å². The molecule has 160 valence electrons. The summed E-state index contributed by atoms with van der Waals surface area (Å²) in [6.07, 6.45) is 3.58. The van der Waals surface area contributed by atoms with Crippen LogP contribution in [-0.4, -0.2) is 28.4 Å². The van der Waals surface area contributed by atoms with Gasteiger partial charge in [0.05, 0.1) is 0 Å². The predicted octanol–water partition coefficient (Wildman–Crippen LogP) is 4.23. The van der Waals surface area contributed by atoms with Crippen molar-refractivity contribution < 1.29 is 4.79 Å². The fourth-order valence-electron chi connectivity index (χ4n) is 3.38. The van der Waals surface area contributed by atoms with Gasteiger partial charge in [0, 0.05) is 25.2 Å². The molecular weight excluding hydrogens is 412 g/mol. The zero-order valence-electron chi connectivity index (χ0n) is 17.4. The molecule has 3 N–H and O–H groups in total. The maximum Gasteiger partial charge on any atom is 0.169 e. The summed E-state index contributed by atoms with van der Waals surface area (Å²) >= 11 is 6.18. The molecule has 3 rings (SSSR count). The van der Waals surface area contributed by atoms with Crippen molar-refractivity contribution in [2.45, 2.75) is 32.7 Å². The van der Waals surface area contributed by atoms with Gasteiger partial charge in [0.15, 0.2) is 17.3 Å². The first-order valence-corrected chi connectivity index (χ1v) is 10.4. The quantitative estimate of drug-likeness (QED) is 0.215. The number of aldehydes is 1. The number of hydrogen-bond donors (Lipinski definition) is 2. The molecule has 3 aromatic rings. The van der Waals surface area contributed by atoms with Gasteiger partial charge in [-0.25, -0.2) is 4.98 Å². The molecule has 1 heterocycles. The molecular formula is C23H25ClN6O. The molecule has 0 saturated carbocycles. The van der Waals surface area contributed by atoms with E-state index in [4.69, 9.17) is 17.3 Å². The molecule has 0 aliphatic heterocycles. The molecule has 0 unspecified atom stereocenters. The Morgan fingerprint density at radius 1 is 1.26 bits per heavy atom. The largest absolute Gasteiger partial charge is 0.382 e. The van der Waals surface area contributed by atoms with Gasteiger partial charge >= 0.3 is 0 Å². The lowest BCUT2D eigenvalue weighted by atomic mass is 9.98. The maximum absolute atomic E-state index is 11.6. The lowest BCUT2D eigenvalue weighted by molar-refractivity contribution is 0.111. The Morgan fingerprint density at radius 3 is 2.68 bits per heavy atom. The van der Waals surface area contributed by atoms with E-state index in [-0.39, 0.29) is 5.15 Å². The number of carbonyl (C=O) groups excluding carboxylic acids is 1. The second kappa shape index (κ2) is 10.5. The topological polar surface area (TPSA) is 97.7 Å². The highest BCUT2D eigenvalue weighted by molar-refractivity contribution is 6.31. The first-order valence-electron chi connectivity index (χ1n) is 10.0. The summed E-state index contributed by atoms with van der Waals surface area (Å²) in [6.45, 7) is 5.97. The molecule has 1 aromatic heterocycles. The number of aromatic nitrogens is 2. The summed E-state index contributed by atoms with van der Waals surface area (Å²) in [5.41, 5.74) is 12.7. The predicted molar refractivity (Wildman–Crippen MR) is 126 cm³/mol. The number of carbonyl (C=O) groups is 1. The highest BCUT2D eigenvalue weighted by Crippen LogP contribution is 2.25. The van der Waals surface area contributed by atoms with Gasteiger partial charge in [0.25, 0.3) is 0 Å². The van der Waals surface area contributed by atoms with Gasteiger partial charge in [-0.2, -0.15) is 10.6 Å². The van der Waals surface area contributed by atoms with Gasteiger partial charge in [-0.3, -0.25) is 4.79 Å². The van der Waals surface area contributed by atoms with Crippen molar-refractivity contribution in [2.24, 2.45) is 15.9 Å². The number of amidine groups is 1. The van der Waals surface area contributed by atoms with Crippen LogP contribution in [0.15, 0.2) is 58.7 Å². The van der Waals surface area contributed by atoms with E-state index in [0.717, 1.165) is 53.6 Å². The molecule has 0 bridgehead atoms. The molecule has 0 aliphatic rings. The first kappa shape index (κ1) is 22.2. The van der Waals surface area contributed by atoms with Crippen LogP contribution in [0.5, 0.6) is 0 Å². The number of aryl methyl sites for hydroxylation is 1. The number of nitrogens with two attached hydrogens (primary N) is 1. The number of imidazole rings is 1. The van der Waals surface area contributed by atoms with E-state index in [1.165, 1.54) is 0 Å². The van der Waals surface area contributed by atoms with Gasteiger partial charge in [0.2, 0.25) is 0 Å². The van der Waals surface area contributed by atoms with Crippen molar-refractivity contribution in [2.75, 3.05) is 0 Å². The number of halogens is 1. The van der Waals surface area contributed by atoms with E-state index in [2.05, 4.69) is 34.4 Å². The standard InChI is InChI=1S/C23H25ClN6O/c1-3-4-9-21-27-22(24)20(15-31)30(21)14-16-10-12-17(13-11-16)18-7-5-6-8-19(18)23(25)28-29-26-2/h5-8,10-13,15,29H,2-4,9,14H2,1H3,(H2,25,28). The minimum atomic E-state index is 0.254. The Morgan fingerprint density at radius 2 is 2.00 bits per heavy atom. The van der Waals surface area contributed by atoms with Crippen molar-refractivity contribution in [3.8, 4) is 11.1 Å². The molecule has 2 aromatic carbocycles. The van der Waals surface area contributed by atoms with Gasteiger partial charge in [-0.1, -0.05) is 73.5 Å². The Kier molecular flexibility index (Phi) is 7.56. The van der Waals surface area contributed by atoms with Crippen LogP contribution >= 0.6 is 11.6 Å². The van der Waals surface area contributed by atoms with Crippen LogP contribution in [0.25, 0.3) is 11.1 Å². The SMILES string of the molecule is C=NN/N=C(\N)c1ccccc1-c1ccc(Cn2c(CCCC)nc(Cl)c2C=O)cc1. The fourth-order valence-corrected chi connectivity index (χ4v) is 3.62. The molecule has 7 nitrogen and oxygen atoms in total. The summed E-state index contributed by atoms with van der Waals surface area (Å²) < 4.78 is 1.90. The van der Waals surface area contributed by atoms with E-state index in [0.29, 0.717) is 18.1 Å². The molecule has 0 fully saturated rings. The molecule has 0 radical (unpaired) electrons. The van der Waals surface area contributed by atoms with E-state index < -0.39 is 0 Å². The summed E-state index contributed by atoms with van der Waals surface area (Å²) in [7, 11) is 0. The van der Waals surface area contributed by atoms with Crippen LogP contribution in [-0.2, 0) is 13.0 Å². The number of hydrogen-bond acceptors (Lipinski definition) is 5. The minimum absolute atomic E-state index is 0.254. The van der Waals surface area contributed by atoms with Crippen molar-refractivity contribution in [1.82, 2.24) is 15.1 Å². The average molecular weight is 437 g/mol. The fraction of sp³-hybridized carbons (Fsp3) is 0.217. The summed E-state index contributed by atoms with van der Waals surface area (Å²) in [5.74, 6) is 1.15. The van der Waals surface area contributed by atoms with E-state index in [1.807, 2.05) is 53.1 Å². The number of nitrogens with zero attached hydrogens (tertiary/aromatic N) is 4. The summed E-state index contributed by atoms with van der Waals surface area (Å²) in [6, 6.07) is 15.8. The molecule has 0 atom stereocenters. The summed E-state index contributed by atoms with van der Waals surface area (Å²) in [5, 5.41) is 7.73. The third-order valence-electron chi connectivity index (χ3n) is 4.96. The highest BCUT2D eigenvalue weighted by Gasteiger charge is 2.15. The third kappa shape index (κ3) is 5.19.